The Hall–Kier alpha value is -1.40. The van der Waals surface area contributed by atoms with Gasteiger partial charge in [-0.2, -0.15) is 4.98 Å². The molecule has 20 heavy (non-hydrogen) atoms. The van der Waals surface area contributed by atoms with Crippen LogP contribution in [0, 0.1) is 12.8 Å². The van der Waals surface area contributed by atoms with E-state index in [1.165, 1.54) is 17.7 Å². The molecule has 2 aliphatic heterocycles. The van der Waals surface area contributed by atoms with Crippen LogP contribution in [-0.2, 0) is 0 Å². The van der Waals surface area contributed by atoms with Crippen molar-refractivity contribution in [2.75, 3.05) is 24.5 Å². The van der Waals surface area contributed by atoms with E-state index in [-0.39, 0.29) is 0 Å². The number of fused-ring (bicyclic) bond motifs is 1. The predicted molar refractivity (Wildman–Crippen MR) is 81.2 cm³/mol. The number of piperidine rings is 1. The van der Waals surface area contributed by atoms with E-state index in [1.807, 2.05) is 0 Å². The fraction of sp³-hybridized carbons (Fsp3) is 0.571. The van der Waals surface area contributed by atoms with Crippen LogP contribution < -0.4 is 10.2 Å². The largest absolute Gasteiger partial charge is 0.338 e. The van der Waals surface area contributed by atoms with Gasteiger partial charge in [0.15, 0.2) is 5.82 Å². The van der Waals surface area contributed by atoms with Crippen molar-refractivity contribution in [3.8, 4) is 10.7 Å². The van der Waals surface area contributed by atoms with Crippen LogP contribution in [0.4, 0.5) is 5.95 Å². The summed E-state index contributed by atoms with van der Waals surface area (Å²) in [5.74, 6) is 2.50. The minimum atomic E-state index is 0.620. The smallest absolute Gasteiger partial charge is 0.245 e. The Labute approximate surface area is 122 Å². The van der Waals surface area contributed by atoms with Crippen molar-refractivity contribution in [3.63, 3.8) is 0 Å². The standard InChI is InChI=1S/C14H19N5S/c1-9-4-5-12(20-9)13-16-14(18-17-13)19-7-10-3-2-6-15-11(10)8-19/h4-5,10-11,15H,2-3,6-8H2,1H3,(H,16,17,18). The maximum Gasteiger partial charge on any atom is 0.245 e. The number of nitrogens with zero attached hydrogens (tertiary/aromatic N) is 3. The summed E-state index contributed by atoms with van der Waals surface area (Å²) in [4.78, 5) is 9.45. The van der Waals surface area contributed by atoms with E-state index >= 15 is 0 Å². The zero-order chi connectivity index (χ0) is 13.5. The summed E-state index contributed by atoms with van der Waals surface area (Å²) >= 11 is 1.75. The molecule has 5 nitrogen and oxygen atoms in total. The Morgan fingerprint density at radius 3 is 3.10 bits per heavy atom. The normalized spacial score (nSPS) is 25.9. The van der Waals surface area contributed by atoms with Crippen LogP contribution in [0.5, 0.6) is 0 Å². The Morgan fingerprint density at radius 1 is 1.35 bits per heavy atom. The number of thiophene rings is 1. The Bertz CT molecular complexity index is 590. The molecule has 6 heteroatoms. The van der Waals surface area contributed by atoms with Crippen molar-refractivity contribution < 1.29 is 0 Å². The first-order valence-corrected chi connectivity index (χ1v) is 8.09. The fourth-order valence-electron chi connectivity index (χ4n) is 3.28. The van der Waals surface area contributed by atoms with Crippen LogP contribution in [0.1, 0.15) is 17.7 Å². The highest BCUT2D eigenvalue weighted by Crippen LogP contribution is 2.29. The predicted octanol–water partition coefficient (Wildman–Crippen LogP) is 2.03. The van der Waals surface area contributed by atoms with Gasteiger partial charge < -0.3 is 10.2 Å². The van der Waals surface area contributed by atoms with E-state index in [9.17, 15) is 0 Å². The maximum absolute atomic E-state index is 4.68. The number of hydrogen-bond donors (Lipinski definition) is 2. The highest BCUT2D eigenvalue weighted by molar-refractivity contribution is 7.15. The van der Waals surface area contributed by atoms with Gasteiger partial charge in [0.1, 0.15) is 0 Å². The average Bonchev–Trinajstić information content (AvgIpc) is 3.16. The lowest BCUT2D eigenvalue weighted by Crippen LogP contribution is -2.40. The van der Waals surface area contributed by atoms with Gasteiger partial charge in [-0.15, -0.1) is 16.4 Å². The van der Waals surface area contributed by atoms with Gasteiger partial charge in [-0.25, -0.2) is 0 Å². The van der Waals surface area contributed by atoms with Gasteiger partial charge in [-0.3, -0.25) is 5.10 Å². The number of hydrogen-bond acceptors (Lipinski definition) is 5. The second kappa shape index (κ2) is 4.86. The summed E-state index contributed by atoms with van der Waals surface area (Å²) in [5, 5.41) is 11.1. The zero-order valence-electron chi connectivity index (χ0n) is 11.6. The molecule has 2 unspecified atom stereocenters. The lowest BCUT2D eigenvalue weighted by molar-refractivity contribution is 0.340. The van der Waals surface area contributed by atoms with Crippen LogP contribution in [-0.4, -0.2) is 40.9 Å². The molecule has 4 rings (SSSR count). The molecule has 2 fully saturated rings. The number of anilines is 1. The molecular weight excluding hydrogens is 270 g/mol. The molecule has 106 valence electrons. The van der Waals surface area contributed by atoms with Crippen LogP contribution in [0.25, 0.3) is 10.7 Å². The minimum absolute atomic E-state index is 0.620. The summed E-state index contributed by atoms with van der Waals surface area (Å²) in [7, 11) is 0. The molecule has 2 atom stereocenters. The molecular formula is C14H19N5S. The van der Waals surface area contributed by atoms with Crippen LogP contribution in [0.15, 0.2) is 12.1 Å². The molecule has 4 heterocycles. The van der Waals surface area contributed by atoms with Crippen molar-refractivity contribution in [2.45, 2.75) is 25.8 Å². The van der Waals surface area contributed by atoms with Crippen LogP contribution >= 0.6 is 11.3 Å². The van der Waals surface area contributed by atoms with E-state index in [2.05, 4.69) is 44.5 Å². The van der Waals surface area contributed by atoms with E-state index < -0.39 is 0 Å². The molecule has 0 aromatic carbocycles. The van der Waals surface area contributed by atoms with Crippen LogP contribution in [0.3, 0.4) is 0 Å². The second-order valence-corrected chi connectivity index (χ2v) is 7.05. The molecule has 0 amide bonds. The lowest BCUT2D eigenvalue weighted by atomic mass is 9.94. The van der Waals surface area contributed by atoms with E-state index in [0.717, 1.165) is 42.2 Å². The van der Waals surface area contributed by atoms with E-state index in [0.29, 0.717) is 6.04 Å². The molecule has 2 aromatic rings. The van der Waals surface area contributed by atoms with Crippen molar-refractivity contribution in [1.29, 1.82) is 0 Å². The molecule has 2 N–H and O–H groups in total. The van der Waals surface area contributed by atoms with Crippen molar-refractivity contribution in [1.82, 2.24) is 20.5 Å². The van der Waals surface area contributed by atoms with E-state index in [4.69, 9.17) is 0 Å². The third-order valence-electron chi connectivity index (χ3n) is 4.33. The van der Waals surface area contributed by atoms with Gasteiger partial charge >= 0.3 is 0 Å². The number of aromatic amines is 1. The third-order valence-corrected chi connectivity index (χ3v) is 5.34. The summed E-state index contributed by atoms with van der Waals surface area (Å²) in [6.07, 6.45) is 2.62. The minimum Gasteiger partial charge on any atom is -0.338 e. The Kier molecular flexibility index (Phi) is 3.00. The third kappa shape index (κ3) is 2.13. The number of H-pyrrole nitrogens is 1. The fourth-order valence-corrected chi connectivity index (χ4v) is 4.08. The average molecular weight is 289 g/mol. The maximum atomic E-state index is 4.68. The van der Waals surface area contributed by atoms with Gasteiger partial charge in [0.05, 0.1) is 4.88 Å². The van der Waals surface area contributed by atoms with Crippen molar-refractivity contribution >= 4 is 17.3 Å². The molecule has 0 radical (unpaired) electrons. The van der Waals surface area contributed by atoms with Gasteiger partial charge in [0.2, 0.25) is 5.95 Å². The molecule has 2 aliphatic rings. The Balaban J connectivity index is 1.54. The first-order valence-electron chi connectivity index (χ1n) is 7.27. The highest BCUT2D eigenvalue weighted by atomic mass is 32.1. The van der Waals surface area contributed by atoms with Gasteiger partial charge in [-0.1, -0.05) is 0 Å². The van der Waals surface area contributed by atoms with Crippen LogP contribution in [0.2, 0.25) is 0 Å². The number of aromatic nitrogens is 3. The second-order valence-electron chi connectivity index (χ2n) is 5.76. The number of nitrogens with one attached hydrogen (secondary N) is 2. The molecule has 2 saturated heterocycles. The number of rotatable bonds is 2. The lowest BCUT2D eigenvalue weighted by Gasteiger charge is -2.24. The Morgan fingerprint density at radius 2 is 2.30 bits per heavy atom. The first kappa shape index (κ1) is 12.3. The molecule has 0 aliphatic carbocycles. The topological polar surface area (TPSA) is 56.8 Å². The molecule has 0 bridgehead atoms. The summed E-state index contributed by atoms with van der Waals surface area (Å²) in [5.41, 5.74) is 0. The molecule has 0 saturated carbocycles. The molecule has 0 spiro atoms. The van der Waals surface area contributed by atoms with Gasteiger partial charge in [-0.05, 0) is 44.4 Å². The summed E-state index contributed by atoms with van der Waals surface area (Å²) in [6.45, 7) is 5.38. The van der Waals surface area contributed by atoms with E-state index in [1.54, 1.807) is 11.3 Å². The van der Waals surface area contributed by atoms with Crippen molar-refractivity contribution in [2.24, 2.45) is 5.92 Å². The van der Waals surface area contributed by atoms with Gasteiger partial charge in [0.25, 0.3) is 0 Å². The highest BCUT2D eigenvalue weighted by Gasteiger charge is 2.35. The SMILES string of the molecule is Cc1ccc(-c2nc(N3CC4CCCNC4C3)n[nH]2)s1. The zero-order valence-corrected chi connectivity index (χ0v) is 12.4. The van der Waals surface area contributed by atoms with Gasteiger partial charge in [0, 0.05) is 24.0 Å². The summed E-state index contributed by atoms with van der Waals surface area (Å²) < 4.78 is 0. The quantitative estimate of drug-likeness (QED) is 0.888. The monoisotopic (exact) mass is 289 g/mol. The van der Waals surface area contributed by atoms with Crippen molar-refractivity contribution in [3.05, 3.63) is 17.0 Å². The number of aryl methyl sites for hydroxylation is 1. The summed E-state index contributed by atoms with van der Waals surface area (Å²) in [6, 6.07) is 4.85. The molecule has 2 aromatic heterocycles. The first-order chi connectivity index (χ1) is 9.79.